The molecule has 0 bridgehead atoms. The molecule has 2 fully saturated rings. The molecule has 2 aromatic rings. The van der Waals surface area contributed by atoms with Gasteiger partial charge in [-0.2, -0.15) is 0 Å². The number of nitrogens with zero attached hydrogens (tertiary/aromatic N) is 2. The fourth-order valence-electron chi connectivity index (χ4n) is 8.33. The summed E-state index contributed by atoms with van der Waals surface area (Å²) in [5.41, 5.74) is 1.73. The van der Waals surface area contributed by atoms with Gasteiger partial charge < -0.3 is 52.3 Å². The molecule has 0 spiro atoms. The molecule has 0 aliphatic carbocycles. The van der Waals surface area contributed by atoms with Gasteiger partial charge in [-0.1, -0.05) is 101 Å². The van der Waals surface area contributed by atoms with Crippen LogP contribution in [0, 0.1) is 11.8 Å². The van der Waals surface area contributed by atoms with E-state index in [2.05, 4.69) is 42.5 Å². The third-order valence-corrected chi connectivity index (χ3v) is 13.4. The van der Waals surface area contributed by atoms with Gasteiger partial charge >= 0.3 is 0 Å². The lowest BCUT2D eigenvalue weighted by atomic mass is 9.97. The first-order chi connectivity index (χ1) is 32.3. The van der Waals surface area contributed by atoms with Crippen LogP contribution in [0.25, 0.3) is 0 Å². The highest BCUT2D eigenvalue weighted by Crippen LogP contribution is 2.26. The van der Waals surface area contributed by atoms with Crippen molar-refractivity contribution in [2.75, 3.05) is 27.2 Å². The Morgan fingerprint density at radius 3 is 1.19 bits per heavy atom. The largest absolute Gasteiger partial charge is 0.348 e. The quantitative estimate of drug-likeness (QED) is 0.0797. The lowest BCUT2D eigenvalue weighted by molar-refractivity contribution is -0.143. The van der Waals surface area contributed by atoms with E-state index in [0.29, 0.717) is 12.8 Å². The molecule has 372 valence electrons. The van der Waals surface area contributed by atoms with Gasteiger partial charge in [0.2, 0.25) is 47.3 Å². The fourth-order valence-corrected chi connectivity index (χ4v) is 8.33. The zero-order valence-electron chi connectivity index (χ0n) is 41.3. The molecule has 0 unspecified atom stereocenters. The number of hydrogen-bond acceptors (Lipinski definition) is 10. The second kappa shape index (κ2) is 25.8. The van der Waals surface area contributed by atoms with Gasteiger partial charge in [-0.25, -0.2) is 0 Å². The van der Waals surface area contributed by atoms with Crippen molar-refractivity contribution in [3.05, 3.63) is 83.9 Å². The monoisotopic (exact) mass is 943 g/mol. The number of hydrogen-bond donors (Lipinski definition) is 8. The molecule has 2 aliphatic heterocycles. The van der Waals surface area contributed by atoms with Gasteiger partial charge in [0.25, 0.3) is 0 Å². The second-order valence-corrected chi connectivity index (χ2v) is 18.3. The molecular formula is C50H74N10O8. The Kier molecular flexibility index (Phi) is 20.7. The van der Waals surface area contributed by atoms with Crippen LogP contribution in [-0.2, 0) is 38.4 Å². The van der Waals surface area contributed by atoms with Gasteiger partial charge in [0.05, 0.1) is 24.2 Å². The molecule has 18 nitrogen and oxygen atoms in total. The highest BCUT2D eigenvalue weighted by molar-refractivity contribution is 5.98. The lowest BCUT2D eigenvalue weighted by Crippen LogP contribution is -2.57. The molecule has 18 heteroatoms. The SMILES string of the molecule is CC[C@H](C)[C@H](NC(=O)[C@H](C)NC)C(=O)N1C[C@@H](NC(=O)/C=C/C(=O)N[C@H]2C[C@@H](C(=O)N[C@H](C)c3ccccc3)N(C(=O)[C@@H](NC(=O)[C@H](C)NC)[C@@H](C)CC)C2)C[C@H]1C(=O)N[C@H](C)c1ccccc1. The minimum Gasteiger partial charge on any atom is -0.348 e. The number of carbonyl (C=O) groups is 8. The molecular weight excluding hydrogens is 869 g/mol. The van der Waals surface area contributed by atoms with Gasteiger partial charge in [0.15, 0.2) is 0 Å². The van der Waals surface area contributed by atoms with E-state index in [1.807, 2.05) is 102 Å². The van der Waals surface area contributed by atoms with E-state index < -0.39 is 83.8 Å². The zero-order valence-corrected chi connectivity index (χ0v) is 41.3. The van der Waals surface area contributed by atoms with Crippen molar-refractivity contribution in [3.8, 4) is 0 Å². The molecule has 12 atom stereocenters. The number of likely N-dealkylation sites (N-methyl/N-ethyl adjacent to an activating group) is 2. The number of amides is 8. The molecule has 8 amide bonds. The number of benzene rings is 2. The van der Waals surface area contributed by atoms with Crippen molar-refractivity contribution >= 4 is 47.3 Å². The Hall–Kier alpha value is -6.14. The third-order valence-electron chi connectivity index (χ3n) is 13.4. The Morgan fingerprint density at radius 2 is 0.882 bits per heavy atom. The zero-order chi connectivity index (χ0) is 50.2. The summed E-state index contributed by atoms with van der Waals surface area (Å²) in [6.45, 7) is 14.5. The maximum absolute atomic E-state index is 14.4. The van der Waals surface area contributed by atoms with Crippen LogP contribution < -0.4 is 42.5 Å². The van der Waals surface area contributed by atoms with Crippen LogP contribution in [0.1, 0.15) is 104 Å². The van der Waals surface area contributed by atoms with E-state index in [1.54, 1.807) is 27.9 Å². The molecule has 2 saturated heterocycles. The highest BCUT2D eigenvalue weighted by atomic mass is 16.2. The maximum atomic E-state index is 14.4. The topological polar surface area (TPSA) is 239 Å². The number of nitrogens with one attached hydrogen (secondary N) is 8. The van der Waals surface area contributed by atoms with Gasteiger partial charge in [-0.05, 0) is 77.6 Å². The molecule has 68 heavy (non-hydrogen) atoms. The summed E-state index contributed by atoms with van der Waals surface area (Å²) in [6.07, 6.45) is 3.38. The summed E-state index contributed by atoms with van der Waals surface area (Å²) in [5, 5.41) is 23.2. The van der Waals surface area contributed by atoms with Crippen molar-refractivity contribution in [2.45, 2.75) is 141 Å². The Bertz CT molecular complexity index is 1940. The summed E-state index contributed by atoms with van der Waals surface area (Å²) >= 11 is 0. The predicted molar refractivity (Wildman–Crippen MR) is 259 cm³/mol. The molecule has 8 N–H and O–H groups in total. The van der Waals surface area contributed by atoms with Crippen molar-refractivity contribution < 1.29 is 38.4 Å². The van der Waals surface area contributed by atoms with E-state index in [4.69, 9.17) is 0 Å². The van der Waals surface area contributed by atoms with Crippen molar-refractivity contribution in [2.24, 2.45) is 11.8 Å². The standard InChI is InChI=1S/C50H74N10O8/c1-11-29(3)43(57-45(63)33(7)51-9)49(67)59-27-37(25-39(59)47(65)53-31(5)35-19-15-13-16-20-35)55-41(61)23-24-42(62)56-38-26-40(48(66)54-32(6)36-21-17-14-18-22-36)60(28-38)50(68)44(30(4)12-2)58-46(64)34(8)52-10/h13-24,29-34,37-40,43-44,51-52H,11-12,25-28H2,1-10H3,(H,53,65)(H,54,66)(H,55,61)(H,56,62)(H,57,63)(H,58,64)/b24-23+/t29-,30-,31+,32+,33-,34-,37-,38-,39-,40-,43-,44-/m0/s1. The van der Waals surface area contributed by atoms with Gasteiger partial charge in [-0.15, -0.1) is 0 Å². The second-order valence-electron chi connectivity index (χ2n) is 18.3. The first kappa shape index (κ1) is 54.5. The smallest absolute Gasteiger partial charge is 0.246 e. The fraction of sp³-hybridized carbons (Fsp3) is 0.560. The van der Waals surface area contributed by atoms with Crippen LogP contribution in [0.5, 0.6) is 0 Å². The minimum absolute atomic E-state index is 0.0307. The van der Waals surface area contributed by atoms with E-state index in [0.717, 1.165) is 23.3 Å². The Morgan fingerprint density at radius 1 is 0.544 bits per heavy atom. The van der Waals surface area contributed by atoms with E-state index in [9.17, 15) is 38.4 Å². The van der Waals surface area contributed by atoms with Gasteiger partial charge in [0, 0.05) is 37.3 Å². The molecule has 0 aromatic heterocycles. The maximum Gasteiger partial charge on any atom is 0.246 e. The van der Waals surface area contributed by atoms with Crippen LogP contribution in [0.4, 0.5) is 0 Å². The number of rotatable bonds is 22. The molecule has 2 aliphatic rings. The lowest BCUT2D eigenvalue weighted by Gasteiger charge is -2.32. The Balaban J connectivity index is 1.50. The van der Waals surface area contributed by atoms with E-state index in [-0.39, 0.29) is 61.7 Å². The highest BCUT2D eigenvalue weighted by Gasteiger charge is 2.45. The van der Waals surface area contributed by atoms with Gasteiger partial charge in [-0.3, -0.25) is 38.4 Å². The molecule has 4 rings (SSSR count). The van der Waals surface area contributed by atoms with Gasteiger partial charge in [0.1, 0.15) is 24.2 Å². The van der Waals surface area contributed by atoms with Crippen molar-refractivity contribution in [3.63, 3.8) is 0 Å². The first-order valence-corrected chi connectivity index (χ1v) is 23.9. The average Bonchev–Trinajstić information content (AvgIpc) is 3.97. The molecule has 0 radical (unpaired) electrons. The predicted octanol–water partition coefficient (Wildman–Crippen LogP) is 1.75. The van der Waals surface area contributed by atoms with Crippen LogP contribution in [0.3, 0.4) is 0 Å². The van der Waals surface area contributed by atoms with E-state index >= 15 is 0 Å². The summed E-state index contributed by atoms with van der Waals surface area (Å²) < 4.78 is 0. The molecule has 0 saturated carbocycles. The average molecular weight is 943 g/mol. The van der Waals surface area contributed by atoms with Crippen LogP contribution in [-0.4, -0.2) is 133 Å². The van der Waals surface area contributed by atoms with Crippen LogP contribution >= 0.6 is 0 Å². The number of carbonyl (C=O) groups excluding carboxylic acids is 8. The van der Waals surface area contributed by atoms with Crippen molar-refractivity contribution in [1.29, 1.82) is 0 Å². The molecule has 2 heterocycles. The summed E-state index contributed by atoms with van der Waals surface area (Å²) in [4.78, 5) is 112. The number of likely N-dealkylation sites (tertiary alicyclic amines) is 2. The van der Waals surface area contributed by atoms with Crippen molar-refractivity contribution in [1.82, 2.24) is 52.3 Å². The first-order valence-electron chi connectivity index (χ1n) is 23.9. The van der Waals surface area contributed by atoms with Crippen LogP contribution in [0.15, 0.2) is 72.8 Å². The molecule has 2 aromatic carbocycles. The summed E-state index contributed by atoms with van der Waals surface area (Å²) in [5.74, 6) is -4.34. The minimum atomic E-state index is -0.981. The van der Waals surface area contributed by atoms with Crippen LogP contribution in [0.2, 0.25) is 0 Å². The summed E-state index contributed by atoms with van der Waals surface area (Å²) in [6, 6.07) is 11.6. The Labute approximate surface area is 401 Å². The normalized spacial score (nSPS) is 21.6. The summed E-state index contributed by atoms with van der Waals surface area (Å²) in [7, 11) is 3.28. The van der Waals surface area contributed by atoms with E-state index in [1.165, 1.54) is 9.80 Å². The third kappa shape index (κ3) is 14.7.